The molecule has 0 fully saturated rings. The number of phenolic OH excluding ortho intramolecular Hbond substituents is 1. The number of aromatic hydroxyl groups is 1. The van der Waals surface area contributed by atoms with Gasteiger partial charge in [0.2, 0.25) is 0 Å². The zero-order chi connectivity index (χ0) is 14.5. The molecule has 0 spiro atoms. The molecule has 0 aliphatic heterocycles. The Morgan fingerprint density at radius 3 is 2.75 bits per heavy atom. The molecule has 0 saturated heterocycles. The summed E-state index contributed by atoms with van der Waals surface area (Å²) >= 11 is 7.69. The molecule has 2 rings (SSSR count). The van der Waals surface area contributed by atoms with Gasteiger partial charge in [0.15, 0.2) is 11.5 Å². The van der Waals surface area contributed by atoms with E-state index < -0.39 is 0 Å². The molecule has 2 aromatic rings. The summed E-state index contributed by atoms with van der Waals surface area (Å²) in [6.45, 7) is 0.473. The minimum atomic E-state index is 0.117. The van der Waals surface area contributed by atoms with E-state index in [1.54, 1.807) is 23.9 Å². The largest absolute Gasteiger partial charge is 0.504 e. The molecular formula is C15H16ClNO2S. The molecule has 0 aromatic heterocycles. The fourth-order valence-electron chi connectivity index (χ4n) is 1.90. The Morgan fingerprint density at radius 1 is 1.30 bits per heavy atom. The van der Waals surface area contributed by atoms with Gasteiger partial charge in [0.05, 0.1) is 7.11 Å². The topological polar surface area (TPSA) is 41.5 Å². The second-order valence-electron chi connectivity index (χ2n) is 4.17. The second kappa shape index (κ2) is 6.77. The summed E-state index contributed by atoms with van der Waals surface area (Å²) in [6, 6.07) is 11.3. The lowest BCUT2D eigenvalue weighted by Gasteiger charge is -2.13. The van der Waals surface area contributed by atoms with E-state index in [2.05, 4.69) is 5.32 Å². The van der Waals surface area contributed by atoms with E-state index in [0.29, 0.717) is 22.9 Å². The summed E-state index contributed by atoms with van der Waals surface area (Å²) in [7, 11) is 1.51. The van der Waals surface area contributed by atoms with Crippen molar-refractivity contribution < 1.29 is 9.84 Å². The minimum Gasteiger partial charge on any atom is -0.504 e. The fourth-order valence-corrected chi connectivity index (χ4v) is 2.71. The van der Waals surface area contributed by atoms with Crippen molar-refractivity contribution in [2.24, 2.45) is 0 Å². The predicted molar refractivity (Wildman–Crippen MR) is 85.2 cm³/mol. The number of thioether (sulfide) groups is 1. The van der Waals surface area contributed by atoms with Crippen LogP contribution in [-0.2, 0) is 6.54 Å². The third-order valence-corrected chi connectivity index (χ3v) is 3.93. The quantitative estimate of drug-likeness (QED) is 0.804. The first-order chi connectivity index (χ1) is 9.65. The lowest BCUT2D eigenvalue weighted by molar-refractivity contribution is 0.371. The van der Waals surface area contributed by atoms with Crippen LogP contribution in [0.15, 0.2) is 41.3 Å². The van der Waals surface area contributed by atoms with Crippen LogP contribution in [0.25, 0.3) is 0 Å². The van der Waals surface area contributed by atoms with Gasteiger partial charge < -0.3 is 15.2 Å². The van der Waals surface area contributed by atoms with Crippen molar-refractivity contribution in [2.75, 3.05) is 18.7 Å². The van der Waals surface area contributed by atoms with Crippen molar-refractivity contribution in [1.29, 1.82) is 0 Å². The average Bonchev–Trinajstić information content (AvgIpc) is 2.48. The molecule has 0 heterocycles. The fraction of sp³-hybridized carbons (Fsp3) is 0.200. The first-order valence-electron chi connectivity index (χ1n) is 6.08. The molecule has 0 radical (unpaired) electrons. The summed E-state index contributed by atoms with van der Waals surface area (Å²) < 4.78 is 5.10. The number of nitrogens with one attached hydrogen (secondary N) is 1. The van der Waals surface area contributed by atoms with E-state index in [-0.39, 0.29) is 5.75 Å². The molecule has 20 heavy (non-hydrogen) atoms. The molecule has 3 nitrogen and oxygen atoms in total. The summed E-state index contributed by atoms with van der Waals surface area (Å²) in [5.74, 6) is 0.499. The number of para-hydroxylation sites is 1. The number of hydrogen-bond donors (Lipinski definition) is 2. The van der Waals surface area contributed by atoms with Gasteiger partial charge in [-0.05, 0) is 24.5 Å². The number of rotatable bonds is 5. The maximum absolute atomic E-state index is 10.1. The molecule has 2 aromatic carbocycles. The molecule has 0 unspecified atom stereocenters. The summed E-state index contributed by atoms with van der Waals surface area (Å²) in [5, 5.41) is 13.9. The first kappa shape index (κ1) is 14.9. The maximum Gasteiger partial charge on any atom is 0.162 e. The highest BCUT2D eigenvalue weighted by Gasteiger charge is 2.10. The molecular weight excluding hydrogens is 294 g/mol. The first-order valence-corrected chi connectivity index (χ1v) is 7.68. The Bertz CT molecular complexity index is 604. The molecule has 0 aliphatic carbocycles. The number of hydrogen-bond acceptors (Lipinski definition) is 4. The molecule has 0 amide bonds. The van der Waals surface area contributed by atoms with Crippen molar-refractivity contribution in [2.45, 2.75) is 11.4 Å². The average molecular weight is 310 g/mol. The van der Waals surface area contributed by atoms with Crippen molar-refractivity contribution in [3.63, 3.8) is 0 Å². The van der Waals surface area contributed by atoms with E-state index in [0.717, 1.165) is 10.6 Å². The van der Waals surface area contributed by atoms with Crippen molar-refractivity contribution in [3.05, 3.63) is 47.0 Å². The lowest BCUT2D eigenvalue weighted by atomic mass is 10.1. The zero-order valence-corrected chi connectivity index (χ0v) is 12.9. The molecule has 2 N–H and O–H groups in total. The van der Waals surface area contributed by atoms with E-state index in [1.807, 2.05) is 30.5 Å². The smallest absolute Gasteiger partial charge is 0.162 e. The second-order valence-corrected chi connectivity index (χ2v) is 5.45. The van der Waals surface area contributed by atoms with Crippen molar-refractivity contribution >= 4 is 29.1 Å². The van der Waals surface area contributed by atoms with Gasteiger partial charge in [-0.3, -0.25) is 0 Å². The molecule has 0 saturated carbocycles. The van der Waals surface area contributed by atoms with Gasteiger partial charge in [0.25, 0.3) is 0 Å². The number of halogens is 1. The third-order valence-electron chi connectivity index (χ3n) is 2.91. The standard InChI is InChI=1S/C15H16ClNO2S/c1-19-13-8-11(16)7-10(15(13)18)9-17-12-5-3-4-6-14(12)20-2/h3-8,17-18H,9H2,1-2H3. The number of anilines is 1. The van der Waals surface area contributed by atoms with E-state index in [9.17, 15) is 5.11 Å². The summed E-state index contributed by atoms with van der Waals surface area (Å²) in [4.78, 5) is 1.15. The SMILES string of the molecule is COc1cc(Cl)cc(CNc2ccccc2SC)c1O. The Hall–Kier alpha value is -1.52. The lowest BCUT2D eigenvalue weighted by Crippen LogP contribution is -2.01. The zero-order valence-electron chi connectivity index (χ0n) is 11.3. The van der Waals surface area contributed by atoms with Crippen LogP contribution in [0.4, 0.5) is 5.69 Å². The summed E-state index contributed by atoms with van der Waals surface area (Å²) in [6.07, 6.45) is 2.03. The van der Waals surface area contributed by atoms with Crippen LogP contribution in [0.2, 0.25) is 5.02 Å². The molecule has 5 heteroatoms. The summed E-state index contributed by atoms with van der Waals surface area (Å²) in [5.41, 5.74) is 1.73. The Kier molecular flexibility index (Phi) is 5.04. The highest BCUT2D eigenvalue weighted by molar-refractivity contribution is 7.98. The van der Waals surface area contributed by atoms with Gasteiger partial charge in [0, 0.05) is 33.8 Å². The van der Waals surface area contributed by atoms with Crippen LogP contribution >= 0.6 is 23.4 Å². The van der Waals surface area contributed by atoms with E-state index >= 15 is 0 Å². The maximum atomic E-state index is 10.1. The van der Waals surface area contributed by atoms with Crippen LogP contribution in [0, 0.1) is 0 Å². The highest BCUT2D eigenvalue weighted by atomic mass is 35.5. The van der Waals surface area contributed by atoms with E-state index in [4.69, 9.17) is 16.3 Å². The molecule has 0 bridgehead atoms. The van der Waals surface area contributed by atoms with Gasteiger partial charge in [-0.2, -0.15) is 0 Å². The Morgan fingerprint density at radius 2 is 2.05 bits per heavy atom. The number of ether oxygens (including phenoxy) is 1. The van der Waals surface area contributed by atoms with Gasteiger partial charge in [-0.1, -0.05) is 23.7 Å². The highest BCUT2D eigenvalue weighted by Crippen LogP contribution is 2.34. The molecule has 0 aliphatic rings. The van der Waals surface area contributed by atoms with Crippen LogP contribution in [-0.4, -0.2) is 18.5 Å². The van der Waals surface area contributed by atoms with Crippen molar-refractivity contribution in [3.8, 4) is 11.5 Å². The predicted octanol–water partition coefficient (Wildman–Crippen LogP) is 4.39. The van der Waals surface area contributed by atoms with Crippen LogP contribution in [0.5, 0.6) is 11.5 Å². The van der Waals surface area contributed by atoms with Gasteiger partial charge >= 0.3 is 0 Å². The van der Waals surface area contributed by atoms with Crippen LogP contribution < -0.4 is 10.1 Å². The monoisotopic (exact) mass is 309 g/mol. The van der Waals surface area contributed by atoms with Crippen molar-refractivity contribution in [1.82, 2.24) is 0 Å². The Labute approximate surface area is 127 Å². The minimum absolute atomic E-state index is 0.117. The normalized spacial score (nSPS) is 10.3. The van der Waals surface area contributed by atoms with Gasteiger partial charge in [-0.25, -0.2) is 0 Å². The van der Waals surface area contributed by atoms with Gasteiger partial charge in [-0.15, -0.1) is 11.8 Å². The number of phenols is 1. The van der Waals surface area contributed by atoms with E-state index in [1.165, 1.54) is 7.11 Å². The Balaban J connectivity index is 2.21. The van der Waals surface area contributed by atoms with Crippen LogP contribution in [0.1, 0.15) is 5.56 Å². The van der Waals surface area contributed by atoms with Gasteiger partial charge in [0.1, 0.15) is 0 Å². The number of benzene rings is 2. The molecule has 106 valence electrons. The van der Waals surface area contributed by atoms with Crippen LogP contribution in [0.3, 0.4) is 0 Å². The third kappa shape index (κ3) is 3.32. The molecule has 0 atom stereocenters. The number of methoxy groups -OCH3 is 1.